The van der Waals surface area contributed by atoms with Crippen molar-refractivity contribution in [3.63, 3.8) is 0 Å². The minimum Gasteiger partial charge on any atom is -0.481 e. The van der Waals surface area contributed by atoms with Gasteiger partial charge in [0, 0.05) is 12.5 Å². The van der Waals surface area contributed by atoms with Crippen molar-refractivity contribution in [1.29, 1.82) is 0 Å². The molecule has 2 aromatic rings. The third-order valence-electron chi connectivity index (χ3n) is 3.29. The van der Waals surface area contributed by atoms with Crippen LogP contribution in [-0.4, -0.2) is 17.1 Å². The van der Waals surface area contributed by atoms with Gasteiger partial charge in [-0.1, -0.05) is 54.6 Å². The monoisotopic (exact) mass is 269 g/mol. The third kappa shape index (κ3) is 4.21. The summed E-state index contributed by atoms with van der Waals surface area (Å²) in [7, 11) is 0. The number of rotatable bonds is 6. The molecule has 0 saturated carbocycles. The lowest BCUT2D eigenvalue weighted by atomic mass is 9.99. The fourth-order valence-electron chi connectivity index (χ4n) is 2.18. The van der Waals surface area contributed by atoms with E-state index >= 15 is 0 Å². The van der Waals surface area contributed by atoms with Crippen LogP contribution in [0.25, 0.3) is 11.1 Å². The van der Waals surface area contributed by atoms with Crippen molar-refractivity contribution in [2.75, 3.05) is 0 Å². The van der Waals surface area contributed by atoms with Crippen LogP contribution in [-0.2, 0) is 11.2 Å². The number of hydrogen-bond donors (Lipinski definition) is 2. The molecule has 1 atom stereocenters. The van der Waals surface area contributed by atoms with Crippen molar-refractivity contribution in [3.8, 4) is 11.1 Å². The maximum atomic E-state index is 10.5. The molecule has 0 saturated heterocycles. The van der Waals surface area contributed by atoms with E-state index in [1.54, 1.807) is 0 Å². The average Bonchev–Trinajstić information content (AvgIpc) is 2.47. The van der Waals surface area contributed by atoms with Crippen molar-refractivity contribution >= 4 is 5.97 Å². The standard InChI is InChI=1S/C17H19NO2/c18-16(10-11-17(19)20)12-13-6-8-15(9-7-13)14-4-2-1-3-5-14/h1-9,16H,10-12,18H2,(H,19,20)/t16-/m0/s1. The summed E-state index contributed by atoms with van der Waals surface area (Å²) in [5.74, 6) is -0.792. The highest BCUT2D eigenvalue weighted by Crippen LogP contribution is 2.19. The van der Waals surface area contributed by atoms with Gasteiger partial charge in [-0.3, -0.25) is 4.79 Å². The molecule has 2 aromatic carbocycles. The Labute approximate surface area is 119 Å². The Balaban J connectivity index is 1.96. The van der Waals surface area contributed by atoms with Crippen LogP contribution in [0, 0.1) is 0 Å². The molecule has 104 valence electrons. The first-order valence-electron chi connectivity index (χ1n) is 6.77. The normalized spacial score (nSPS) is 12.1. The van der Waals surface area contributed by atoms with Crippen LogP contribution >= 0.6 is 0 Å². The third-order valence-corrected chi connectivity index (χ3v) is 3.29. The number of carboxylic acids is 1. The molecule has 0 spiro atoms. The number of aliphatic carboxylic acids is 1. The van der Waals surface area contributed by atoms with Crippen LogP contribution < -0.4 is 5.73 Å². The zero-order chi connectivity index (χ0) is 14.4. The van der Waals surface area contributed by atoms with Crippen molar-refractivity contribution < 1.29 is 9.90 Å². The molecule has 0 aliphatic heterocycles. The molecule has 20 heavy (non-hydrogen) atoms. The SMILES string of the molecule is N[C@@H](CCC(=O)O)Cc1ccc(-c2ccccc2)cc1. The predicted octanol–water partition coefficient (Wildman–Crippen LogP) is 3.09. The fraction of sp³-hybridized carbons (Fsp3) is 0.235. The van der Waals surface area contributed by atoms with E-state index < -0.39 is 5.97 Å². The number of carbonyl (C=O) groups is 1. The maximum Gasteiger partial charge on any atom is 0.303 e. The van der Waals surface area contributed by atoms with Gasteiger partial charge >= 0.3 is 5.97 Å². The number of nitrogens with two attached hydrogens (primary N) is 1. The van der Waals surface area contributed by atoms with Crippen molar-refractivity contribution in [2.24, 2.45) is 5.73 Å². The van der Waals surface area contributed by atoms with E-state index in [-0.39, 0.29) is 12.5 Å². The van der Waals surface area contributed by atoms with E-state index in [9.17, 15) is 4.79 Å². The quantitative estimate of drug-likeness (QED) is 0.847. The first-order valence-corrected chi connectivity index (χ1v) is 6.77. The summed E-state index contributed by atoms with van der Waals surface area (Å²) in [6.45, 7) is 0. The van der Waals surface area contributed by atoms with Crippen LogP contribution in [0.15, 0.2) is 54.6 Å². The molecule has 3 nitrogen and oxygen atoms in total. The van der Waals surface area contributed by atoms with Gasteiger partial charge in [-0.25, -0.2) is 0 Å². The average molecular weight is 269 g/mol. The number of carboxylic acid groups (broad SMARTS) is 1. The highest BCUT2D eigenvalue weighted by molar-refractivity contribution is 5.66. The molecule has 0 aliphatic rings. The summed E-state index contributed by atoms with van der Waals surface area (Å²) in [5, 5.41) is 8.64. The summed E-state index contributed by atoms with van der Waals surface area (Å²) >= 11 is 0. The summed E-state index contributed by atoms with van der Waals surface area (Å²) in [6, 6.07) is 18.4. The summed E-state index contributed by atoms with van der Waals surface area (Å²) in [5.41, 5.74) is 9.44. The van der Waals surface area contributed by atoms with Crippen LogP contribution in [0.4, 0.5) is 0 Å². The van der Waals surface area contributed by atoms with Gasteiger partial charge in [0.15, 0.2) is 0 Å². The van der Waals surface area contributed by atoms with E-state index in [2.05, 4.69) is 36.4 Å². The predicted molar refractivity (Wildman–Crippen MR) is 80.4 cm³/mol. The summed E-state index contributed by atoms with van der Waals surface area (Å²) < 4.78 is 0. The molecule has 3 heteroatoms. The van der Waals surface area contributed by atoms with E-state index in [0.717, 1.165) is 5.56 Å². The highest BCUT2D eigenvalue weighted by atomic mass is 16.4. The maximum absolute atomic E-state index is 10.5. The number of hydrogen-bond acceptors (Lipinski definition) is 2. The van der Waals surface area contributed by atoms with Gasteiger partial charge in [0.05, 0.1) is 0 Å². The second-order valence-electron chi connectivity index (χ2n) is 4.96. The first kappa shape index (κ1) is 14.3. The van der Waals surface area contributed by atoms with Crippen molar-refractivity contribution in [1.82, 2.24) is 0 Å². The van der Waals surface area contributed by atoms with Gasteiger partial charge in [0.1, 0.15) is 0 Å². The Hall–Kier alpha value is -2.13. The molecule has 3 N–H and O–H groups in total. The van der Waals surface area contributed by atoms with Gasteiger partial charge in [-0.05, 0) is 29.5 Å². The molecule has 0 fully saturated rings. The second-order valence-corrected chi connectivity index (χ2v) is 4.96. The van der Waals surface area contributed by atoms with Gasteiger partial charge in [0.2, 0.25) is 0 Å². The molecule has 0 radical (unpaired) electrons. The van der Waals surface area contributed by atoms with E-state index in [0.29, 0.717) is 12.8 Å². The second kappa shape index (κ2) is 6.87. The molecule has 0 unspecified atom stereocenters. The Bertz CT molecular complexity index is 549. The topological polar surface area (TPSA) is 63.3 Å². The minimum atomic E-state index is -0.792. The Kier molecular flexibility index (Phi) is 4.91. The van der Waals surface area contributed by atoms with Gasteiger partial charge in [0.25, 0.3) is 0 Å². The minimum absolute atomic E-state index is 0.103. The highest BCUT2D eigenvalue weighted by Gasteiger charge is 2.07. The molecular weight excluding hydrogens is 250 g/mol. The van der Waals surface area contributed by atoms with E-state index in [1.165, 1.54) is 11.1 Å². The van der Waals surface area contributed by atoms with Crippen molar-refractivity contribution in [2.45, 2.75) is 25.3 Å². The lowest BCUT2D eigenvalue weighted by Gasteiger charge is -2.11. The summed E-state index contributed by atoms with van der Waals surface area (Å²) in [6.07, 6.45) is 1.35. The fourth-order valence-corrected chi connectivity index (χ4v) is 2.18. The molecule has 0 heterocycles. The van der Waals surface area contributed by atoms with Crippen LogP contribution in [0.3, 0.4) is 0 Å². The molecule has 2 rings (SSSR count). The first-order chi connectivity index (χ1) is 9.65. The Morgan fingerprint density at radius 1 is 1.00 bits per heavy atom. The molecule has 0 bridgehead atoms. The van der Waals surface area contributed by atoms with Gasteiger partial charge in [-0.15, -0.1) is 0 Å². The van der Waals surface area contributed by atoms with E-state index in [1.807, 2.05) is 18.2 Å². The van der Waals surface area contributed by atoms with E-state index in [4.69, 9.17) is 10.8 Å². The van der Waals surface area contributed by atoms with Crippen LogP contribution in [0.2, 0.25) is 0 Å². The molecule has 0 aliphatic carbocycles. The Morgan fingerprint density at radius 2 is 1.60 bits per heavy atom. The molecule has 0 aromatic heterocycles. The van der Waals surface area contributed by atoms with Gasteiger partial charge < -0.3 is 10.8 Å². The molecule has 0 amide bonds. The lowest BCUT2D eigenvalue weighted by Crippen LogP contribution is -2.23. The molecular formula is C17H19NO2. The smallest absolute Gasteiger partial charge is 0.303 e. The Morgan fingerprint density at radius 3 is 2.20 bits per heavy atom. The van der Waals surface area contributed by atoms with Crippen LogP contribution in [0.1, 0.15) is 18.4 Å². The zero-order valence-corrected chi connectivity index (χ0v) is 11.3. The number of benzene rings is 2. The lowest BCUT2D eigenvalue weighted by molar-refractivity contribution is -0.137. The largest absolute Gasteiger partial charge is 0.481 e. The summed E-state index contributed by atoms with van der Waals surface area (Å²) in [4.78, 5) is 10.5. The van der Waals surface area contributed by atoms with Crippen molar-refractivity contribution in [3.05, 3.63) is 60.2 Å². The zero-order valence-electron chi connectivity index (χ0n) is 11.3. The van der Waals surface area contributed by atoms with Gasteiger partial charge in [-0.2, -0.15) is 0 Å². The van der Waals surface area contributed by atoms with Crippen LogP contribution in [0.5, 0.6) is 0 Å².